The number of nitrogens with one attached hydrogen (secondary N) is 2. The van der Waals surface area contributed by atoms with Crippen molar-refractivity contribution >= 4 is 0 Å². The molecule has 1 heterocycles. The van der Waals surface area contributed by atoms with Crippen LogP contribution in [0.1, 0.15) is 22.7 Å². The Labute approximate surface area is 133 Å². The lowest BCUT2D eigenvalue weighted by Crippen LogP contribution is -2.19. The Balaban J connectivity index is 2.72. The van der Waals surface area contributed by atoms with Gasteiger partial charge >= 0.3 is 0 Å². The van der Waals surface area contributed by atoms with E-state index in [0.717, 1.165) is 0 Å². The van der Waals surface area contributed by atoms with Crippen molar-refractivity contribution in [1.82, 2.24) is 10.2 Å². The number of rotatable bonds is 5. The summed E-state index contributed by atoms with van der Waals surface area (Å²) in [5.41, 5.74) is 1.18. The molecule has 2 N–H and O–H groups in total. The van der Waals surface area contributed by atoms with Crippen LogP contribution >= 0.6 is 0 Å². The molecule has 0 aliphatic heterocycles. The van der Waals surface area contributed by atoms with Crippen molar-refractivity contribution in [1.29, 1.82) is 10.5 Å². The van der Waals surface area contributed by atoms with Crippen LogP contribution in [0.2, 0.25) is 0 Å². The van der Waals surface area contributed by atoms with Gasteiger partial charge < -0.3 is 14.6 Å². The van der Waals surface area contributed by atoms with Gasteiger partial charge in [-0.15, -0.1) is 0 Å². The second-order valence-electron chi connectivity index (χ2n) is 4.98. The van der Waals surface area contributed by atoms with Crippen molar-refractivity contribution in [3.63, 3.8) is 0 Å². The highest BCUT2D eigenvalue weighted by atomic mass is 16.5. The first-order valence-corrected chi connectivity index (χ1v) is 6.85. The molecule has 0 bridgehead atoms. The Morgan fingerprint density at radius 3 is 2.00 bits per heavy atom. The molecular formula is C16H16N4O3. The highest BCUT2D eigenvalue weighted by molar-refractivity contribution is 5.45. The van der Waals surface area contributed by atoms with E-state index >= 15 is 0 Å². The number of ether oxygens (including phenoxy) is 2. The second kappa shape index (κ2) is 6.71. The molecule has 0 amide bonds. The van der Waals surface area contributed by atoms with Crippen LogP contribution in [0.4, 0.5) is 0 Å². The van der Waals surface area contributed by atoms with Crippen LogP contribution in [0.15, 0.2) is 23.0 Å². The summed E-state index contributed by atoms with van der Waals surface area (Å²) in [6, 6.07) is 8.99. The Morgan fingerprint density at radius 1 is 1.04 bits per heavy atom. The molecule has 2 aromatic rings. The van der Waals surface area contributed by atoms with Crippen molar-refractivity contribution in [2.75, 3.05) is 14.2 Å². The van der Waals surface area contributed by atoms with Crippen LogP contribution < -0.4 is 15.0 Å². The zero-order valence-electron chi connectivity index (χ0n) is 13.0. The molecule has 1 aromatic heterocycles. The maximum atomic E-state index is 12.1. The summed E-state index contributed by atoms with van der Waals surface area (Å²) < 4.78 is 10.5. The third-order valence-electron chi connectivity index (χ3n) is 3.67. The predicted molar refractivity (Wildman–Crippen MR) is 82.3 cm³/mol. The van der Waals surface area contributed by atoms with Crippen LogP contribution in [-0.4, -0.2) is 24.4 Å². The molecule has 1 atom stereocenters. The number of aromatic amines is 2. The van der Waals surface area contributed by atoms with Crippen molar-refractivity contribution in [2.45, 2.75) is 12.8 Å². The summed E-state index contributed by atoms with van der Waals surface area (Å²) in [5.74, 6) is -0.710. The van der Waals surface area contributed by atoms with E-state index in [9.17, 15) is 15.3 Å². The number of hydrogen-bond donors (Lipinski definition) is 2. The summed E-state index contributed by atoms with van der Waals surface area (Å²) in [4.78, 5) is 12.1. The van der Waals surface area contributed by atoms with Crippen molar-refractivity contribution in [2.24, 2.45) is 5.92 Å². The fourth-order valence-electron chi connectivity index (χ4n) is 2.54. The average Bonchev–Trinajstić information content (AvgIpc) is 2.90. The van der Waals surface area contributed by atoms with Crippen LogP contribution in [0.25, 0.3) is 0 Å². The standard InChI is InChI=1S/C16H16N4O3/c1-9-14(16(21)20-19-9)15(11(7-17)8-18)10-4-12(22-2)6-13(5-10)23-3/h4-6,11,15H,1-3H3,(H2,19,20,21)/t15-/m0/s1. The average molecular weight is 312 g/mol. The molecule has 23 heavy (non-hydrogen) atoms. The minimum absolute atomic E-state index is 0.355. The normalized spacial score (nSPS) is 11.6. The van der Waals surface area contributed by atoms with Gasteiger partial charge in [0.25, 0.3) is 5.56 Å². The second-order valence-corrected chi connectivity index (χ2v) is 4.98. The van der Waals surface area contributed by atoms with E-state index in [1.54, 1.807) is 25.1 Å². The van der Waals surface area contributed by atoms with E-state index in [1.165, 1.54) is 14.2 Å². The zero-order valence-corrected chi connectivity index (χ0v) is 13.0. The summed E-state index contributed by atoms with van der Waals surface area (Å²) in [5, 5.41) is 23.9. The lowest BCUT2D eigenvalue weighted by Gasteiger charge is -2.18. The number of nitriles is 2. The van der Waals surface area contributed by atoms with Crippen molar-refractivity contribution in [3.8, 4) is 23.6 Å². The first kappa shape index (κ1) is 16.2. The molecule has 7 nitrogen and oxygen atoms in total. The summed E-state index contributed by atoms with van der Waals surface area (Å²) in [7, 11) is 3.02. The molecule has 0 spiro atoms. The van der Waals surface area contributed by atoms with Gasteiger partial charge in [-0.3, -0.25) is 9.89 Å². The molecule has 118 valence electrons. The number of methoxy groups -OCH3 is 2. The highest BCUT2D eigenvalue weighted by Gasteiger charge is 2.30. The molecule has 0 radical (unpaired) electrons. The van der Waals surface area contributed by atoms with Gasteiger partial charge in [0.1, 0.15) is 17.4 Å². The Bertz CT molecular complexity index is 802. The maximum absolute atomic E-state index is 12.1. The predicted octanol–water partition coefficient (Wildman–Crippen LogP) is 1.82. The largest absolute Gasteiger partial charge is 0.497 e. The van der Waals surface area contributed by atoms with Crippen molar-refractivity contribution < 1.29 is 9.47 Å². The van der Waals surface area contributed by atoms with Crippen LogP contribution in [0.3, 0.4) is 0 Å². The van der Waals surface area contributed by atoms with Gasteiger partial charge in [-0.05, 0) is 24.6 Å². The third-order valence-corrected chi connectivity index (χ3v) is 3.67. The van der Waals surface area contributed by atoms with E-state index in [-0.39, 0.29) is 5.56 Å². The van der Waals surface area contributed by atoms with Gasteiger partial charge in [-0.25, -0.2) is 0 Å². The molecule has 0 aliphatic carbocycles. The zero-order chi connectivity index (χ0) is 17.0. The van der Waals surface area contributed by atoms with E-state index < -0.39 is 11.8 Å². The van der Waals surface area contributed by atoms with Crippen LogP contribution in [0, 0.1) is 35.5 Å². The van der Waals surface area contributed by atoms with Gasteiger partial charge in [0.2, 0.25) is 0 Å². The van der Waals surface area contributed by atoms with E-state index in [2.05, 4.69) is 10.2 Å². The Morgan fingerprint density at radius 2 is 1.61 bits per heavy atom. The van der Waals surface area contributed by atoms with Gasteiger partial charge in [0.15, 0.2) is 0 Å². The number of nitrogens with zero attached hydrogens (tertiary/aromatic N) is 2. The summed E-state index contributed by atoms with van der Waals surface area (Å²) in [6.45, 7) is 1.71. The van der Waals surface area contributed by atoms with E-state index in [0.29, 0.717) is 28.3 Å². The molecule has 0 saturated heterocycles. The minimum Gasteiger partial charge on any atom is -0.497 e. The number of benzene rings is 1. The smallest absolute Gasteiger partial charge is 0.268 e. The molecule has 0 fully saturated rings. The minimum atomic E-state index is -1.03. The molecular weight excluding hydrogens is 296 g/mol. The third kappa shape index (κ3) is 3.04. The Hall–Kier alpha value is -3.19. The fourth-order valence-corrected chi connectivity index (χ4v) is 2.54. The number of aryl methyl sites for hydroxylation is 1. The first-order chi connectivity index (χ1) is 11.0. The summed E-state index contributed by atoms with van der Waals surface area (Å²) >= 11 is 0. The van der Waals surface area contributed by atoms with Crippen molar-refractivity contribution in [3.05, 3.63) is 45.4 Å². The highest BCUT2D eigenvalue weighted by Crippen LogP contribution is 2.35. The fraction of sp³-hybridized carbons (Fsp3) is 0.312. The number of H-pyrrole nitrogens is 2. The number of hydrogen-bond acceptors (Lipinski definition) is 5. The van der Waals surface area contributed by atoms with Gasteiger partial charge in [0, 0.05) is 23.2 Å². The van der Waals surface area contributed by atoms with Gasteiger partial charge in [-0.2, -0.15) is 10.5 Å². The SMILES string of the molecule is COc1cc(OC)cc([C@H](c2c(C)[nH][nH]c2=O)C(C#N)C#N)c1. The van der Waals surface area contributed by atoms with Gasteiger partial charge in [0.05, 0.1) is 26.4 Å². The van der Waals surface area contributed by atoms with Crippen LogP contribution in [0.5, 0.6) is 11.5 Å². The topological polar surface area (TPSA) is 115 Å². The lowest BCUT2D eigenvalue weighted by molar-refractivity contribution is 0.392. The maximum Gasteiger partial charge on any atom is 0.268 e. The number of aromatic nitrogens is 2. The van der Waals surface area contributed by atoms with Gasteiger partial charge in [-0.1, -0.05) is 0 Å². The molecule has 0 saturated carbocycles. The quantitative estimate of drug-likeness (QED) is 0.874. The Kier molecular flexibility index (Phi) is 4.72. The molecule has 7 heteroatoms. The molecule has 2 rings (SSSR count). The summed E-state index contributed by atoms with van der Waals surface area (Å²) in [6.07, 6.45) is 0. The van der Waals surface area contributed by atoms with E-state index in [1.807, 2.05) is 12.1 Å². The van der Waals surface area contributed by atoms with Crippen LogP contribution in [-0.2, 0) is 0 Å². The monoisotopic (exact) mass is 312 g/mol. The van der Waals surface area contributed by atoms with E-state index in [4.69, 9.17) is 9.47 Å². The molecule has 0 aliphatic rings. The molecule has 0 unspecified atom stereocenters. The lowest BCUT2D eigenvalue weighted by atomic mass is 9.82. The first-order valence-electron chi connectivity index (χ1n) is 6.85. The molecule has 1 aromatic carbocycles.